The summed E-state index contributed by atoms with van der Waals surface area (Å²) >= 11 is 0. The number of hydrogen-bond donors (Lipinski definition) is 1. The predicted molar refractivity (Wildman–Crippen MR) is 150 cm³/mol. The van der Waals surface area contributed by atoms with Crippen LogP contribution in [0.5, 0.6) is 0 Å². The number of fused-ring (bicyclic) bond motifs is 2. The molecule has 40 heavy (non-hydrogen) atoms. The fourth-order valence-corrected chi connectivity index (χ4v) is 9.30. The lowest BCUT2D eigenvalue weighted by atomic mass is 9.82. The molecule has 2 fully saturated rings. The molecule has 3 aliphatic rings. The van der Waals surface area contributed by atoms with Crippen molar-refractivity contribution in [2.75, 3.05) is 23.0 Å². The first-order chi connectivity index (χ1) is 19.1. The SMILES string of the molecule is C[C@@H]1[C@@H]([Si](C)(C)F)[C@H](CCn2cc(CCO)nn2)O[C@@]12C(=O)N(c1ccccc1)c1ccc(N3CCC3=O)cc12. The summed E-state index contributed by atoms with van der Waals surface area (Å²) in [7, 11) is -3.32. The molecule has 2 aromatic carbocycles. The van der Waals surface area contributed by atoms with Crippen molar-refractivity contribution in [3.05, 3.63) is 66.0 Å². The van der Waals surface area contributed by atoms with Gasteiger partial charge in [-0.05, 0) is 49.8 Å². The van der Waals surface area contributed by atoms with E-state index in [9.17, 15) is 14.7 Å². The molecule has 4 atom stereocenters. The highest BCUT2D eigenvalue weighted by Gasteiger charge is 2.67. The Bertz CT molecular complexity index is 1440. The number of anilines is 3. The Morgan fingerprint density at radius 3 is 2.58 bits per heavy atom. The lowest BCUT2D eigenvalue weighted by Crippen LogP contribution is -2.45. The molecule has 2 saturated heterocycles. The zero-order valence-electron chi connectivity index (χ0n) is 23.0. The van der Waals surface area contributed by atoms with Crippen LogP contribution in [0, 0.1) is 5.92 Å². The maximum atomic E-state index is 16.1. The van der Waals surface area contributed by atoms with Crippen LogP contribution in [-0.4, -0.2) is 59.6 Å². The van der Waals surface area contributed by atoms with Crippen LogP contribution in [0.4, 0.5) is 21.2 Å². The highest BCUT2D eigenvalue weighted by Crippen LogP contribution is 2.61. The molecule has 210 valence electrons. The van der Waals surface area contributed by atoms with Gasteiger partial charge < -0.3 is 18.9 Å². The molecule has 9 nitrogen and oxygen atoms in total. The highest BCUT2D eigenvalue weighted by molar-refractivity contribution is 6.72. The van der Waals surface area contributed by atoms with E-state index in [4.69, 9.17) is 4.74 Å². The molecule has 0 unspecified atom stereocenters. The molecule has 6 rings (SSSR count). The van der Waals surface area contributed by atoms with E-state index in [-0.39, 0.29) is 18.4 Å². The monoisotopic (exact) mass is 563 g/mol. The van der Waals surface area contributed by atoms with Crippen molar-refractivity contribution < 1.29 is 23.5 Å². The van der Waals surface area contributed by atoms with Gasteiger partial charge in [0.25, 0.3) is 5.91 Å². The second-order valence-corrected chi connectivity index (χ2v) is 15.3. The normalized spacial score (nSPS) is 26.1. The molecular formula is C29H34FN5O4Si. The van der Waals surface area contributed by atoms with Gasteiger partial charge in [0.05, 0.1) is 17.5 Å². The first-order valence-corrected chi connectivity index (χ1v) is 16.8. The van der Waals surface area contributed by atoms with Crippen molar-refractivity contribution in [2.45, 2.75) is 63.1 Å². The molecule has 3 aliphatic heterocycles. The number of carbonyl (C=O) groups is 2. The van der Waals surface area contributed by atoms with Gasteiger partial charge in [0.1, 0.15) is 0 Å². The minimum atomic E-state index is -3.32. The van der Waals surface area contributed by atoms with Crippen LogP contribution in [0.3, 0.4) is 0 Å². The van der Waals surface area contributed by atoms with E-state index in [1.165, 1.54) is 0 Å². The summed E-state index contributed by atoms with van der Waals surface area (Å²) in [6.07, 6.45) is 2.63. The Morgan fingerprint density at radius 1 is 1.15 bits per heavy atom. The zero-order chi connectivity index (χ0) is 28.2. The van der Waals surface area contributed by atoms with Gasteiger partial charge in [0.2, 0.25) is 14.3 Å². The van der Waals surface area contributed by atoms with E-state index in [0.717, 1.165) is 5.69 Å². The van der Waals surface area contributed by atoms with E-state index < -0.39 is 31.6 Å². The van der Waals surface area contributed by atoms with Gasteiger partial charge >= 0.3 is 0 Å². The van der Waals surface area contributed by atoms with E-state index in [2.05, 4.69) is 10.3 Å². The van der Waals surface area contributed by atoms with Crippen LogP contribution in [0.2, 0.25) is 18.6 Å². The maximum Gasteiger partial charge on any atom is 0.268 e. The van der Waals surface area contributed by atoms with Crippen LogP contribution in [0.1, 0.15) is 31.0 Å². The van der Waals surface area contributed by atoms with Crippen molar-refractivity contribution in [1.82, 2.24) is 15.0 Å². The van der Waals surface area contributed by atoms with Crippen molar-refractivity contribution in [1.29, 1.82) is 0 Å². The van der Waals surface area contributed by atoms with Gasteiger partial charge in [-0.15, -0.1) is 5.10 Å². The van der Waals surface area contributed by atoms with Gasteiger partial charge in [-0.3, -0.25) is 19.2 Å². The second-order valence-electron chi connectivity index (χ2n) is 11.5. The molecule has 4 heterocycles. The van der Waals surface area contributed by atoms with Crippen LogP contribution in [0.25, 0.3) is 0 Å². The Balaban J connectivity index is 1.42. The maximum absolute atomic E-state index is 16.1. The lowest BCUT2D eigenvalue weighted by Gasteiger charge is -2.33. The summed E-state index contributed by atoms with van der Waals surface area (Å²) in [4.78, 5) is 30.2. The molecule has 1 aromatic heterocycles. The summed E-state index contributed by atoms with van der Waals surface area (Å²) < 4.78 is 24.6. The molecule has 0 radical (unpaired) electrons. The first kappa shape index (κ1) is 26.8. The number of para-hydroxylation sites is 1. The molecule has 0 bridgehead atoms. The Kier molecular flexibility index (Phi) is 6.63. The van der Waals surface area contributed by atoms with Crippen LogP contribution >= 0.6 is 0 Å². The number of ether oxygens (including phenoxy) is 1. The number of benzene rings is 2. The number of β-lactam (4-membered cyclic amide) rings is 1. The fraction of sp³-hybridized carbons (Fsp3) is 0.448. The molecule has 0 saturated carbocycles. The number of halogens is 1. The second kappa shape index (κ2) is 9.90. The number of rotatable bonds is 8. The average Bonchev–Trinajstić information content (AvgIpc) is 3.56. The van der Waals surface area contributed by atoms with E-state index in [1.807, 2.05) is 55.5 Å². The van der Waals surface area contributed by atoms with E-state index >= 15 is 4.11 Å². The van der Waals surface area contributed by atoms with Crippen LogP contribution in [0.15, 0.2) is 54.7 Å². The molecule has 0 aliphatic carbocycles. The number of aliphatic hydroxyl groups excluding tert-OH is 1. The predicted octanol–water partition coefficient (Wildman–Crippen LogP) is 4.09. The van der Waals surface area contributed by atoms with E-state index in [1.54, 1.807) is 33.8 Å². The molecule has 1 N–H and O–H groups in total. The summed E-state index contributed by atoms with van der Waals surface area (Å²) in [5.74, 6) is -0.628. The van der Waals surface area contributed by atoms with Gasteiger partial charge in [0.15, 0.2) is 5.60 Å². The van der Waals surface area contributed by atoms with Gasteiger partial charge in [-0.2, -0.15) is 0 Å². The smallest absolute Gasteiger partial charge is 0.268 e. The number of nitrogens with zero attached hydrogens (tertiary/aromatic N) is 5. The Hall–Kier alpha value is -3.41. The third-order valence-electron chi connectivity index (χ3n) is 8.63. The summed E-state index contributed by atoms with van der Waals surface area (Å²) in [5.41, 5.74) is 1.67. The molecule has 11 heteroatoms. The van der Waals surface area contributed by atoms with Crippen LogP contribution < -0.4 is 9.80 Å². The Morgan fingerprint density at radius 2 is 1.93 bits per heavy atom. The standard InChI is InChI=1S/C29H34FN5O4Si/c1-19-27(40(2,3)30)25(11-14-33-18-20(13-16-36)31-32-33)39-29(19)23-17-22(34-15-12-26(34)37)9-10-24(23)35(28(29)38)21-7-5-4-6-8-21/h4-10,17-19,25,27,36H,11-16H2,1-3H3/t19-,25+,27-,29+/m1/s1. The molecule has 2 amide bonds. The van der Waals surface area contributed by atoms with Crippen LogP contribution in [-0.2, 0) is 32.9 Å². The molecular weight excluding hydrogens is 529 g/mol. The molecule has 3 aromatic rings. The summed E-state index contributed by atoms with van der Waals surface area (Å²) in [6, 6.07) is 15.1. The van der Waals surface area contributed by atoms with Gasteiger partial charge in [0, 0.05) is 67.1 Å². The summed E-state index contributed by atoms with van der Waals surface area (Å²) in [6.45, 7) is 6.36. The number of aromatic nitrogens is 3. The zero-order valence-corrected chi connectivity index (χ0v) is 24.0. The van der Waals surface area contributed by atoms with Crippen molar-refractivity contribution >= 4 is 37.3 Å². The third kappa shape index (κ3) is 4.18. The van der Waals surface area contributed by atoms with Crippen molar-refractivity contribution in [2.24, 2.45) is 5.92 Å². The third-order valence-corrected chi connectivity index (χ3v) is 11.1. The van der Waals surface area contributed by atoms with E-state index in [0.29, 0.717) is 55.0 Å². The fourth-order valence-electron chi connectivity index (χ4n) is 6.76. The van der Waals surface area contributed by atoms with Crippen molar-refractivity contribution in [3.63, 3.8) is 0 Å². The van der Waals surface area contributed by atoms with Gasteiger partial charge in [-0.1, -0.05) is 30.3 Å². The van der Waals surface area contributed by atoms with Crippen molar-refractivity contribution in [3.8, 4) is 0 Å². The quantitative estimate of drug-likeness (QED) is 0.252. The average molecular weight is 564 g/mol. The number of amides is 2. The number of hydrogen-bond acceptors (Lipinski definition) is 6. The summed E-state index contributed by atoms with van der Waals surface area (Å²) in [5, 5.41) is 17.4. The number of aliphatic hydroxyl groups is 1. The van der Waals surface area contributed by atoms with Gasteiger partial charge in [-0.25, -0.2) is 0 Å². The largest absolute Gasteiger partial charge is 0.396 e. The highest BCUT2D eigenvalue weighted by atomic mass is 28.4. The minimum Gasteiger partial charge on any atom is -0.396 e. The first-order valence-electron chi connectivity index (χ1n) is 13.9. The number of aryl methyl sites for hydroxylation is 1. The molecule has 1 spiro atoms. The Labute approximate surface area is 233 Å². The minimum absolute atomic E-state index is 0.0153. The lowest BCUT2D eigenvalue weighted by molar-refractivity contribution is -0.145. The topological polar surface area (TPSA) is 101 Å². The number of carbonyl (C=O) groups excluding carboxylic acids is 2.